The highest BCUT2D eigenvalue weighted by molar-refractivity contribution is 7.92. The van der Waals surface area contributed by atoms with Crippen molar-refractivity contribution in [1.29, 1.82) is 0 Å². The van der Waals surface area contributed by atoms with Gasteiger partial charge in [-0.2, -0.15) is 0 Å². The number of nitrogens with one attached hydrogen (secondary N) is 1. The molecule has 0 fully saturated rings. The molecule has 0 radical (unpaired) electrons. The summed E-state index contributed by atoms with van der Waals surface area (Å²) in [5.41, 5.74) is 7.12. The van der Waals surface area contributed by atoms with Crippen molar-refractivity contribution < 1.29 is 17.9 Å². The van der Waals surface area contributed by atoms with Crippen LogP contribution in [-0.2, 0) is 10.0 Å². The smallest absolute Gasteiger partial charge is 0.262 e. The predicted molar refractivity (Wildman–Crippen MR) is 88.2 cm³/mol. The Labute approximate surface area is 135 Å². The summed E-state index contributed by atoms with van der Waals surface area (Å²) in [6.45, 7) is 3.48. The third-order valence-electron chi connectivity index (χ3n) is 3.40. The zero-order valence-electron chi connectivity index (χ0n) is 13.1. The largest absolute Gasteiger partial charge is 0.496 e. The highest BCUT2D eigenvalue weighted by Gasteiger charge is 2.19. The van der Waals surface area contributed by atoms with Gasteiger partial charge in [0.15, 0.2) is 0 Å². The van der Waals surface area contributed by atoms with E-state index in [1.54, 1.807) is 26.0 Å². The molecule has 0 saturated heterocycles. The highest BCUT2D eigenvalue weighted by atomic mass is 32.2. The molecule has 0 bridgehead atoms. The molecule has 2 aromatic carbocycles. The van der Waals surface area contributed by atoms with Gasteiger partial charge in [0.1, 0.15) is 5.75 Å². The number of ether oxygens (including phenoxy) is 1. The third-order valence-corrected chi connectivity index (χ3v) is 4.93. The minimum atomic E-state index is -3.75. The Hall–Kier alpha value is -2.54. The fourth-order valence-corrected chi connectivity index (χ4v) is 3.56. The molecule has 2 aromatic rings. The minimum Gasteiger partial charge on any atom is -0.496 e. The normalized spacial score (nSPS) is 11.1. The Morgan fingerprint density at radius 2 is 1.70 bits per heavy atom. The van der Waals surface area contributed by atoms with Gasteiger partial charge in [0.05, 0.1) is 12.0 Å². The van der Waals surface area contributed by atoms with Crippen LogP contribution in [0.2, 0.25) is 0 Å². The summed E-state index contributed by atoms with van der Waals surface area (Å²) in [5, 5.41) is 0. The molecule has 2 rings (SSSR count). The van der Waals surface area contributed by atoms with Crippen LogP contribution in [0.25, 0.3) is 0 Å². The number of sulfonamides is 1. The van der Waals surface area contributed by atoms with Gasteiger partial charge in [-0.1, -0.05) is 0 Å². The molecule has 0 aliphatic heterocycles. The lowest BCUT2D eigenvalue weighted by Gasteiger charge is -2.13. The Balaban J connectivity index is 2.35. The van der Waals surface area contributed by atoms with Crippen LogP contribution >= 0.6 is 0 Å². The number of methoxy groups -OCH3 is 1. The molecule has 0 unspecified atom stereocenters. The summed E-state index contributed by atoms with van der Waals surface area (Å²) in [7, 11) is -2.21. The van der Waals surface area contributed by atoms with Gasteiger partial charge in [-0.3, -0.25) is 9.52 Å². The first-order valence-corrected chi connectivity index (χ1v) is 8.31. The average Bonchev–Trinajstić information content (AvgIpc) is 2.49. The Kier molecular flexibility index (Phi) is 4.60. The number of anilines is 1. The number of carbonyl (C=O) groups is 1. The van der Waals surface area contributed by atoms with Crippen molar-refractivity contribution in [2.24, 2.45) is 5.73 Å². The lowest BCUT2D eigenvalue weighted by molar-refractivity contribution is 0.100. The van der Waals surface area contributed by atoms with E-state index in [0.717, 1.165) is 5.56 Å². The number of hydrogen-bond donors (Lipinski definition) is 2. The molecule has 122 valence electrons. The van der Waals surface area contributed by atoms with Crippen molar-refractivity contribution in [2.45, 2.75) is 18.7 Å². The van der Waals surface area contributed by atoms with Gasteiger partial charge in [-0.15, -0.1) is 0 Å². The minimum absolute atomic E-state index is 0.176. The number of rotatable bonds is 5. The van der Waals surface area contributed by atoms with E-state index in [0.29, 0.717) is 22.6 Å². The first kappa shape index (κ1) is 16.8. The summed E-state index contributed by atoms with van der Waals surface area (Å²) in [5.74, 6) is 0.0632. The molecule has 0 atom stereocenters. The van der Waals surface area contributed by atoms with E-state index >= 15 is 0 Å². The average molecular weight is 334 g/mol. The van der Waals surface area contributed by atoms with Crippen LogP contribution in [0.1, 0.15) is 21.5 Å². The van der Waals surface area contributed by atoms with E-state index in [1.807, 2.05) is 0 Å². The molecule has 7 heteroatoms. The second kappa shape index (κ2) is 6.29. The monoisotopic (exact) mass is 334 g/mol. The molecule has 3 N–H and O–H groups in total. The topological polar surface area (TPSA) is 98.5 Å². The van der Waals surface area contributed by atoms with Gasteiger partial charge < -0.3 is 10.5 Å². The molecule has 0 aliphatic carbocycles. The quantitative estimate of drug-likeness (QED) is 0.876. The van der Waals surface area contributed by atoms with Crippen LogP contribution in [-0.4, -0.2) is 21.4 Å². The number of amides is 1. The fraction of sp³-hybridized carbons (Fsp3) is 0.188. The number of benzene rings is 2. The predicted octanol–water partition coefficient (Wildman–Crippen LogP) is 2.21. The maximum Gasteiger partial charge on any atom is 0.262 e. The maximum atomic E-state index is 12.5. The molecule has 0 aliphatic rings. The van der Waals surface area contributed by atoms with E-state index in [4.69, 9.17) is 10.5 Å². The second-order valence-corrected chi connectivity index (χ2v) is 6.79. The molecular formula is C16H18N2O4S. The van der Waals surface area contributed by atoms with Crippen molar-refractivity contribution >= 4 is 21.6 Å². The van der Waals surface area contributed by atoms with Crippen LogP contribution in [0.3, 0.4) is 0 Å². The lowest BCUT2D eigenvalue weighted by atomic mass is 10.1. The number of primary amides is 1. The van der Waals surface area contributed by atoms with Gasteiger partial charge in [0, 0.05) is 11.3 Å². The maximum absolute atomic E-state index is 12.5. The van der Waals surface area contributed by atoms with Crippen molar-refractivity contribution in [3.05, 3.63) is 53.1 Å². The van der Waals surface area contributed by atoms with E-state index in [1.165, 1.54) is 31.4 Å². The Morgan fingerprint density at radius 3 is 2.22 bits per heavy atom. The van der Waals surface area contributed by atoms with Gasteiger partial charge in [-0.25, -0.2) is 8.42 Å². The summed E-state index contributed by atoms with van der Waals surface area (Å²) < 4.78 is 32.8. The molecule has 23 heavy (non-hydrogen) atoms. The number of aryl methyl sites for hydroxylation is 2. The summed E-state index contributed by atoms with van der Waals surface area (Å²) in [6, 6.07) is 9.15. The standard InChI is InChI=1S/C16H18N2O4S/c1-10-9-15(11(2)8-14(10)22-3)23(20,21)18-13-6-4-12(5-7-13)16(17)19/h4-9,18H,1-3H3,(H2,17,19). The van der Waals surface area contributed by atoms with Crippen molar-refractivity contribution in [3.63, 3.8) is 0 Å². The first-order valence-electron chi connectivity index (χ1n) is 6.82. The van der Waals surface area contributed by atoms with E-state index in [9.17, 15) is 13.2 Å². The van der Waals surface area contributed by atoms with Crippen molar-refractivity contribution in [3.8, 4) is 5.75 Å². The van der Waals surface area contributed by atoms with Crippen LogP contribution in [0.5, 0.6) is 5.75 Å². The van der Waals surface area contributed by atoms with Gasteiger partial charge in [0.2, 0.25) is 5.91 Å². The van der Waals surface area contributed by atoms with Gasteiger partial charge in [0.25, 0.3) is 10.0 Å². The molecule has 0 aromatic heterocycles. The second-order valence-electron chi connectivity index (χ2n) is 5.13. The number of nitrogens with two attached hydrogens (primary N) is 1. The molecular weight excluding hydrogens is 316 g/mol. The fourth-order valence-electron chi connectivity index (χ4n) is 2.19. The summed E-state index contributed by atoms with van der Waals surface area (Å²) >= 11 is 0. The lowest BCUT2D eigenvalue weighted by Crippen LogP contribution is -2.15. The number of hydrogen-bond acceptors (Lipinski definition) is 4. The van der Waals surface area contributed by atoms with Crippen LogP contribution in [0.15, 0.2) is 41.3 Å². The van der Waals surface area contributed by atoms with Gasteiger partial charge in [-0.05, 0) is 61.4 Å². The molecule has 6 nitrogen and oxygen atoms in total. The zero-order chi connectivity index (χ0) is 17.2. The molecule has 0 spiro atoms. The molecule has 1 amide bonds. The van der Waals surface area contributed by atoms with Crippen molar-refractivity contribution in [1.82, 2.24) is 0 Å². The van der Waals surface area contributed by atoms with Crippen LogP contribution < -0.4 is 15.2 Å². The van der Waals surface area contributed by atoms with E-state index in [-0.39, 0.29) is 4.90 Å². The Bertz CT molecular complexity index is 843. The van der Waals surface area contributed by atoms with Crippen molar-refractivity contribution in [2.75, 3.05) is 11.8 Å². The number of carbonyl (C=O) groups excluding carboxylic acids is 1. The molecule has 0 saturated carbocycles. The summed E-state index contributed by atoms with van der Waals surface area (Å²) in [4.78, 5) is 11.2. The molecule has 0 heterocycles. The van der Waals surface area contributed by atoms with Crippen LogP contribution in [0, 0.1) is 13.8 Å². The Morgan fingerprint density at radius 1 is 1.09 bits per heavy atom. The first-order chi connectivity index (χ1) is 10.7. The summed E-state index contributed by atoms with van der Waals surface area (Å²) in [6.07, 6.45) is 0. The SMILES string of the molecule is COc1cc(C)c(S(=O)(=O)Nc2ccc(C(N)=O)cc2)cc1C. The highest BCUT2D eigenvalue weighted by Crippen LogP contribution is 2.27. The van der Waals surface area contributed by atoms with E-state index in [2.05, 4.69) is 4.72 Å². The van der Waals surface area contributed by atoms with Crippen LogP contribution in [0.4, 0.5) is 5.69 Å². The third kappa shape index (κ3) is 3.62. The van der Waals surface area contributed by atoms with Gasteiger partial charge >= 0.3 is 0 Å². The zero-order valence-corrected chi connectivity index (χ0v) is 13.9. The van der Waals surface area contributed by atoms with E-state index < -0.39 is 15.9 Å².